The van der Waals surface area contributed by atoms with Crippen molar-refractivity contribution in [2.24, 2.45) is 0 Å². The first-order chi connectivity index (χ1) is 16.5. The van der Waals surface area contributed by atoms with E-state index in [0.717, 1.165) is 22.7 Å². The largest absolute Gasteiger partial charge is 0.480 e. The number of rotatable bonds is 8. The Morgan fingerprint density at radius 2 is 2.00 bits per heavy atom. The van der Waals surface area contributed by atoms with E-state index in [1.54, 1.807) is 12.3 Å². The third kappa shape index (κ3) is 4.39. The highest BCUT2D eigenvalue weighted by molar-refractivity contribution is 7.92. The molecule has 4 rings (SSSR count). The second kappa shape index (κ2) is 9.15. The molecule has 3 N–H and O–H groups in total. The van der Waals surface area contributed by atoms with E-state index >= 15 is 0 Å². The number of amides is 2. The Morgan fingerprint density at radius 3 is 2.66 bits per heavy atom. The number of carboxylic acids is 1. The number of nitrogens with one attached hydrogen (secondary N) is 2. The molecule has 1 aromatic heterocycles. The van der Waals surface area contributed by atoms with Gasteiger partial charge in [0.05, 0.1) is 5.75 Å². The average Bonchev–Trinajstić information content (AvgIpc) is 3.20. The van der Waals surface area contributed by atoms with Crippen molar-refractivity contribution in [3.8, 4) is 0 Å². The predicted octanol–water partition coefficient (Wildman–Crippen LogP) is -0.291. The van der Waals surface area contributed by atoms with E-state index in [1.807, 2.05) is 18.2 Å². The van der Waals surface area contributed by atoms with E-state index in [4.69, 9.17) is 9.47 Å². The van der Waals surface area contributed by atoms with E-state index in [2.05, 4.69) is 10.3 Å². The number of aliphatic carboxylic acids is 1. The third-order valence-corrected chi connectivity index (χ3v) is 7.88. The van der Waals surface area contributed by atoms with Crippen molar-refractivity contribution in [1.29, 1.82) is 0 Å². The van der Waals surface area contributed by atoms with E-state index in [9.17, 15) is 32.7 Å². The molecule has 1 saturated heterocycles. The summed E-state index contributed by atoms with van der Waals surface area (Å²) in [6, 6.07) is 5.85. The van der Waals surface area contributed by atoms with Crippen molar-refractivity contribution >= 4 is 44.5 Å². The summed E-state index contributed by atoms with van der Waals surface area (Å²) in [5.74, 6) is -4.44. The van der Waals surface area contributed by atoms with Gasteiger partial charge >= 0.3 is 11.9 Å². The molecule has 0 spiro atoms. The number of ether oxygens (including phenoxy) is 2. The highest BCUT2D eigenvalue weighted by atomic mass is 32.2. The van der Waals surface area contributed by atoms with Gasteiger partial charge in [0.15, 0.2) is 21.3 Å². The van der Waals surface area contributed by atoms with Crippen LogP contribution in [0, 0.1) is 0 Å². The fraction of sp³-hybridized carbons (Fsp3) is 0.364. The molecule has 0 bridgehead atoms. The molecule has 0 radical (unpaired) electrons. The minimum atomic E-state index is -3.96. The fourth-order valence-electron chi connectivity index (χ4n) is 4.32. The lowest BCUT2D eigenvalue weighted by molar-refractivity contribution is -0.161. The molecule has 3 atom stereocenters. The number of nitrogens with zero attached hydrogens (tertiary/aromatic N) is 1. The maximum absolute atomic E-state index is 13.3. The number of methoxy groups -OCH3 is 1. The first-order valence-corrected chi connectivity index (χ1v) is 12.3. The number of aromatic amines is 1. The van der Waals surface area contributed by atoms with Crippen LogP contribution in [0.3, 0.4) is 0 Å². The lowest BCUT2D eigenvalue weighted by Gasteiger charge is -2.48. The Kier molecular flexibility index (Phi) is 6.38. The van der Waals surface area contributed by atoms with Gasteiger partial charge in [-0.25, -0.2) is 13.2 Å². The number of benzene rings is 1. The maximum atomic E-state index is 13.3. The van der Waals surface area contributed by atoms with Crippen molar-refractivity contribution in [3.63, 3.8) is 0 Å². The predicted molar refractivity (Wildman–Crippen MR) is 120 cm³/mol. The second-order valence-electron chi connectivity index (χ2n) is 8.22. The first kappa shape index (κ1) is 24.4. The number of carboxylic acid groups (broad SMARTS) is 1. The van der Waals surface area contributed by atoms with Crippen LogP contribution in [0.2, 0.25) is 0 Å². The van der Waals surface area contributed by atoms with Crippen LogP contribution in [-0.4, -0.2) is 84.2 Å². The number of para-hydroxylation sites is 1. The Bertz CT molecular complexity index is 1360. The van der Waals surface area contributed by atoms with Gasteiger partial charge in [-0.3, -0.25) is 19.3 Å². The first-order valence-electron chi connectivity index (χ1n) is 10.6. The van der Waals surface area contributed by atoms with Gasteiger partial charge in [0.2, 0.25) is 0 Å². The average molecular weight is 506 g/mol. The standard InChI is InChI=1S/C22H23N3O9S/c1-11(26)34-9-13-10-35(31,32)21-18(33-2)20(28)25(21)17(13)19(27)24-16(22(29)30)7-12-8-23-15-6-4-3-5-14(12)15/h3-6,8,16,18,21,23H,7,9-10H2,1-2H3,(H,24,27)(H,29,30)/t16-,18-,21+/m0/s1. The van der Waals surface area contributed by atoms with Crippen molar-refractivity contribution in [3.05, 3.63) is 47.3 Å². The third-order valence-electron chi connectivity index (χ3n) is 5.93. The number of hydrogen-bond donors (Lipinski definition) is 3. The lowest BCUT2D eigenvalue weighted by Crippen LogP contribution is -2.71. The molecule has 35 heavy (non-hydrogen) atoms. The van der Waals surface area contributed by atoms with Crippen LogP contribution < -0.4 is 5.32 Å². The summed E-state index contributed by atoms with van der Waals surface area (Å²) in [5.41, 5.74) is 0.954. The van der Waals surface area contributed by atoms with Crippen LogP contribution in [0.25, 0.3) is 10.9 Å². The molecule has 13 heteroatoms. The van der Waals surface area contributed by atoms with E-state index in [-0.39, 0.29) is 17.7 Å². The fourth-order valence-corrected chi connectivity index (χ4v) is 6.34. The summed E-state index contributed by atoms with van der Waals surface area (Å²) in [7, 11) is -2.79. The number of aromatic nitrogens is 1. The zero-order valence-electron chi connectivity index (χ0n) is 18.8. The Hall–Kier alpha value is -3.71. The molecule has 2 aliphatic heterocycles. The number of hydrogen-bond acceptors (Lipinski definition) is 8. The number of esters is 1. The number of sulfone groups is 1. The minimum Gasteiger partial charge on any atom is -0.480 e. The van der Waals surface area contributed by atoms with Gasteiger partial charge in [-0.05, 0) is 11.6 Å². The van der Waals surface area contributed by atoms with Gasteiger partial charge in [-0.1, -0.05) is 18.2 Å². The van der Waals surface area contributed by atoms with Crippen LogP contribution in [0.4, 0.5) is 0 Å². The van der Waals surface area contributed by atoms with Crippen molar-refractivity contribution in [2.45, 2.75) is 30.9 Å². The highest BCUT2D eigenvalue weighted by Crippen LogP contribution is 2.38. The monoisotopic (exact) mass is 505 g/mol. The molecule has 186 valence electrons. The number of H-pyrrole nitrogens is 1. The topological polar surface area (TPSA) is 172 Å². The Morgan fingerprint density at radius 1 is 1.29 bits per heavy atom. The normalized spacial score (nSPS) is 21.8. The molecule has 12 nitrogen and oxygen atoms in total. The van der Waals surface area contributed by atoms with Crippen molar-refractivity contribution < 1.29 is 42.2 Å². The van der Waals surface area contributed by atoms with E-state index in [0.29, 0.717) is 5.56 Å². The molecule has 0 saturated carbocycles. The molecule has 3 heterocycles. The van der Waals surface area contributed by atoms with E-state index < -0.39 is 63.5 Å². The Labute approximate surface area is 199 Å². The van der Waals surface area contributed by atoms with Crippen molar-refractivity contribution in [2.75, 3.05) is 19.5 Å². The molecule has 2 aliphatic rings. The summed E-state index contributed by atoms with van der Waals surface area (Å²) in [5, 5.41) is 11.5. The zero-order valence-corrected chi connectivity index (χ0v) is 19.6. The molecular weight excluding hydrogens is 482 g/mol. The van der Waals surface area contributed by atoms with Crippen LogP contribution in [0.1, 0.15) is 12.5 Å². The number of carbonyl (C=O) groups is 4. The van der Waals surface area contributed by atoms with Gasteiger partial charge in [0.1, 0.15) is 18.3 Å². The molecule has 0 unspecified atom stereocenters. The van der Waals surface area contributed by atoms with Gasteiger partial charge in [-0.15, -0.1) is 0 Å². The van der Waals surface area contributed by atoms with Gasteiger partial charge in [0.25, 0.3) is 11.8 Å². The molecule has 1 fully saturated rings. The summed E-state index contributed by atoms with van der Waals surface area (Å²) in [6.45, 7) is 0.559. The number of fused-ring (bicyclic) bond motifs is 2. The molecule has 0 aliphatic carbocycles. The zero-order chi connectivity index (χ0) is 25.5. The molecule has 2 aromatic rings. The van der Waals surface area contributed by atoms with Gasteiger partial charge in [0, 0.05) is 43.1 Å². The minimum absolute atomic E-state index is 0.0754. The number of carbonyl (C=O) groups excluding carboxylic acids is 3. The van der Waals surface area contributed by atoms with Crippen LogP contribution >= 0.6 is 0 Å². The Balaban J connectivity index is 1.67. The maximum Gasteiger partial charge on any atom is 0.326 e. The second-order valence-corrected chi connectivity index (χ2v) is 10.3. The van der Waals surface area contributed by atoms with Gasteiger partial charge < -0.3 is 24.9 Å². The molecular formula is C22H23N3O9S. The van der Waals surface area contributed by atoms with Crippen molar-refractivity contribution in [1.82, 2.24) is 15.2 Å². The summed E-state index contributed by atoms with van der Waals surface area (Å²) >= 11 is 0. The SMILES string of the molecule is CO[C@H]1C(=O)N2C(C(=O)N[C@@H](Cc3c[nH]c4ccccc34)C(=O)O)=C(COC(C)=O)CS(=O)(=O)[C@H]12. The molecule has 2 amide bonds. The highest BCUT2D eigenvalue weighted by Gasteiger charge is 2.60. The van der Waals surface area contributed by atoms with Crippen LogP contribution in [0.5, 0.6) is 0 Å². The summed E-state index contributed by atoms with van der Waals surface area (Å²) < 4.78 is 35.4. The molecule has 1 aromatic carbocycles. The van der Waals surface area contributed by atoms with Crippen LogP contribution in [-0.2, 0) is 44.9 Å². The summed E-state index contributed by atoms with van der Waals surface area (Å²) in [6.07, 6.45) is 0.275. The number of β-lactam (4-membered cyclic amide) rings is 1. The van der Waals surface area contributed by atoms with Crippen LogP contribution in [0.15, 0.2) is 41.7 Å². The van der Waals surface area contributed by atoms with Gasteiger partial charge in [-0.2, -0.15) is 0 Å². The van der Waals surface area contributed by atoms with E-state index in [1.165, 1.54) is 7.11 Å². The quantitative estimate of drug-likeness (QED) is 0.322. The summed E-state index contributed by atoms with van der Waals surface area (Å²) in [4.78, 5) is 53.0. The lowest BCUT2D eigenvalue weighted by atomic mass is 10.0. The smallest absolute Gasteiger partial charge is 0.326 e.